The van der Waals surface area contributed by atoms with Crippen molar-refractivity contribution in [1.82, 2.24) is 10.2 Å². The second kappa shape index (κ2) is 7.16. The summed E-state index contributed by atoms with van der Waals surface area (Å²) in [5, 5.41) is 3.11. The van der Waals surface area contributed by atoms with Gasteiger partial charge in [-0.05, 0) is 87.9 Å². The molecule has 26 heavy (non-hydrogen) atoms. The minimum Gasteiger partial charge on any atom is -0.354 e. The molecule has 5 aliphatic rings. The van der Waals surface area contributed by atoms with Gasteiger partial charge in [-0.2, -0.15) is 0 Å². The predicted octanol–water partition coefficient (Wildman–Crippen LogP) is 3.75. The van der Waals surface area contributed by atoms with Gasteiger partial charge >= 0.3 is 0 Å². The number of nitrogens with one attached hydrogen (secondary N) is 1. The number of carbonyl (C=O) groups excluding carboxylic acids is 2. The van der Waals surface area contributed by atoms with Crippen molar-refractivity contribution in [1.29, 1.82) is 0 Å². The van der Waals surface area contributed by atoms with E-state index < -0.39 is 0 Å². The highest BCUT2D eigenvalue weighted by atomic mass is 16.2. The van der Waals surface area contributed by atoms with Gasteiger partial charge in [0, 0.05) is 13.1 Å². The first-order chi connectivity index (χ1) is 12.5. The van der Waals surface area contributed by atoms with Crippen LogP contribution in [0.4, 0.5) is 0 Å². The van der Waals surface area contributed by atoms with Gasteiger partial charge in [-0.3, -0.25) is 9.59 Å². The molecule has 4 heteroatoms. The average Bonchev–Trinajstić information content (AvgIpc) is 3.06. The second-order valence-electron chi connectivity index (χ2n) is 10.2. The minimum atomic E-state index is -0.213. The monoisotopic (exact) mass is 360 g/mol. The van der Waals surface area contributed by atoms with Crippen LogP contribution >= 0.6 is 0 Å². The Morgan fingerprint density at radius 2 is 1.69 bits per heavy atom. The van der Waals surface area contributed by atoms with Crippen LogP contribution in [0.1, 0.15) is 78.1 Å². The van der Waals surface area contributed by atoms with Crippen LogP contribution in [0, 0.1) is 29.1 Å². The fraction of sp³-hybridized carbons (Fsp3) is 0.909. The van der Waals surface area contributed by atoms with Gasteiger partial charge in [0.15, 0.2) is 0 Å². The van der Waals surface area contributed by atoms with E-state index in [0.717, 1.165) is 75.8 Å². The molecule has 1 saturated heterocycles. The molecule has 4 nitrogen and oxygen atoms in total. The summed E-state index contributed by atoms with van der Waals surface area (Å²) in [6, 6.07) is -0.213. The molecule has 0 spiro atoms. The number of rotatable bonds is 6. The number of amides is 2. The van der Waals surface area contributed by atoms with Crippen molar-refractivity contribution < 1.29 is 9.59 Å². The molecule has 0 aromatic carbocycles. The molecule has 4 bridgehead atoms. The smallest absolute Gasteiger partial charge is 0.242 e. The Bertz CT molecular complexity index is 521. The number of likely N-dealkylation sites (tertiary alicyclic amines) is 1. The first-order valence-corrected chi connectivity index (χ1v) is 11.1. The zero-order chi connectivity index (χ0) is 18.3. The zero-order valence-electron chi connectivity index (χ0n) is 16.6. The summed E-state index contributed by atoms with van der Waals surface area (Å²) >= 11 is 0. The van der Waals surface area contributed by atoms with E-state index in [1.54, 1.807) is 0 Å². The molecule has 1 atom stereocenters. The van der Waals surface area contributed by atoms with Gasteiger partial charge in [-0.1, -0.05) is 13.8 Å². The van der Waals surface area contributed by atoms with E-state index in [4.69, 9.17) is 0 Å². The maximum absolute atomic E-state index is 13.6. The lowest BCUT2D eigenvalue weighted by Crippen LogP contribution is -2.57. The molecule has 4 aliphatic carbocycles. The van der Waals surface area contributed by atoms with Crippen LogP contribution in [-0.2, 0) is 9.59 Å². The van der Waals surface area contributed by atoms with Gasteiger partial charge in [-0.15, -0.1) is 0 Å². The van der Waals surface area contributed by atoms with E-state index in [2.05, 4.69) is 19.2 Å². The standard InChI is InChI=1S/C22H36N2O2/c1-15(2)5-3-7-23-20(25)19-6-4-8-24(19)21(26)22-12-16-9-17(13-22)11-18(10-16)14-22/h15-19H,3-14H2,1-2H3,(H,23,25). The third kappa shape index (κ3) is 3.41. The molecule has 1 unspecified atom stereocenters. The highest BCUT2D eigenvalue weighted by Gasteiger charge is 2.56. The lowest BCUT2D eigenvalue weighted by Gasteiger charge is -2.56. The summed E-state index contributed by atoms with van der Waals surface area (Å²) in [7, 11) is 0. The van der Waals surface area contributed by atoms with Crippen LogP contribution in [-0.4, -0.2) is 35.8 Å². The maximum atomic E-state index is 13.6. The molecule has 4 saturated carbocycles. The summed E-state index contributed by atoms with van der Waals surface area (Å²) in [5.41, 5.74) is -0.116. The second-order valence-corrected chi connectivity index (χ2v) is 10.2. The van der Waals surface area contributed by atoms with Crippen molar-refractivity contribution in [2.75, 3.05) is 13.1 Å². The predicted molar refractivity (Wildman–Crippen MR) is 102 cm³/mol. The van der Waals surface area contributed by atoms with Gasteiger partial charge in [0.2, 0.25) is 11.8 Å². The van der Waals surface area contributed by atoms with E-state index in [1.807, 2.05) is 4.90 Å². The van der Waals surface area contributed by atoms with E-state index in [9.17, 15) is 9.59 Å². The molecular formula is C22H36N2O2. The summed E-state index contributed by atoms with van der Waals surface area (Å²) < 4.78 is 0. The Kier molecular flexibility index (Phi) is 5.04. The Morgan fingerprint density at radius 1 is 1.08 bits per heavy atom. The first kappa shape index (κ1) is 18.3. The molecule has 1 aliphatic heterocycles. The highest BCUT2D eigenvalue weighted by molar-refractivity contribution is 5.91. The number of hydrogen-bond donors (Lipinski definition) is 1. The Labute approximate surface area is 158 Å². The van der Waals surface area contributed by atoms with Crippen LogP contribution in [0.2, 0.25) is 0 Å². The van der Waals surface area contributed by atoms with E-state index >= 15 is 0 Å². The zero-order valence-corrected chi connectivity index (χ0v) is 16.6. The van der Waals surface area contributed by atoms with E-state index in [-0.39, 0.29) is 17.4 Å². The Morgan fingerprint density at radius 3 is 2.27 bits per heavy atom. The van der Waals surface area contributed by atoms with Gasteiger partial charge < -0.3 is 10.2 Å². The normalized spacial score (nSPS) is 38.2. The van der Waals surface area contributed by atoms with Crippen LogP contribution in [0.3, 0.4) is 0 Å². The molecule has 0 aromatic heterocycles. The highest BCUT2D eigenvalue weighted by Crippen LogP contribution is 2.60. The third-order valence-corrected chi connectivity index (χ3v) is 7.57. The fourth-order valence-electron chi connectivity index (χ4n) is 6.80. The number of nitrogens with zero attached hydrogens (tertiary/aromatic N) is 1. The maximum Gasteiger partial charge on any atom is 0.242 e. The molecule has 0 aromatic rings. The lowest BCUT2D eigenvalue weighted by molar-refractivity contribution is -0.160. The molecule has 0 radical (unpaired) electrons. The van der Waals surface area contributed by atoms with Crippen LogP contribution in [0.15, 0.2) is 0 Å². The molecular weight excluding hydrogens is 324 g/mol. The molecule has 2 amide bonds. The van der Waals surface area contributed by atoms with Gasteiger partial charge in [0.05, 0.1) is 5.41 Å². The molecule has 5 rings (SSSR count). The third-order valence-electron chi connectivity index (χ3n) is 7.57. The van der Waals surface area contributed by atoms with Crippen molar-refractivity contribution in [3.05, 3.63) is 0 Å². The molecule has 1 N–H and O–H groups in total. The van der Waals surface area contributed by atoms with Crippen molar-refractivity contribution >= 4 is 11.8 Å². The van der Waals surface area contributed by atoms with E-state index in [1.165, 1.54) is 19.3 Å². The summed E-state index contributed by atoms with van der Waals surface area (Å²) in [5.74, 6) is 3.41. The van der Waals surface area contributed by atoms with Crippen molar-refractivity contribution in [3.63, 3.8) is 0 Å². The quantitative estimate of drug-likeness (QED) is 0.734. The van der Waals surface area contributed by atoms with E-state index in [0.29, 0.717) is 11.8 Å². The van der Waals surface area contributed by atoms with Gasteiger partial charge in [-0.25, -0.2) is 0 Å². The SMILES string of the molecule is CC(C)CCCNC(=O)C1CCCN1C(=O)C12CC3CC(CC(C3)C1)C2. The Balaban J connectivity index is 1.38. The topological polar surface area (TPSA) is 49.4 Å². The van der Waals surface area contributed by atoms with Crippen LogP contribution < -0.4 is 5.32 Å². The summed E-state index contributed by atoms with van der Waals surface area (Å²) in [6.45, 7) is 5.95. The minimum absolute atomic E-state index is 0.0873. The molecule has 1 heterocycles. The molecule has 146 valence electrons. The largest absolute Gasteiger partial charge is 0.354 e. The van der Waals surface area contributed by atoms with Crippen molar-refractivity contribution in [2.24, 2.45) is 29.1 Å². The van der Waals surface area contributed by atoms with Crippen LogP contribution in [0.5, 0.6) is 0 Å². The first-order valence-electron chi connectivity index (χ1n) is 11.1. The summed E-state index contributed by atoms with van der Waals surface area (Å²) in [4.78, 5) is 28.3. The van der Waals surface area contributed by atoms with Gasteiger partial charge in [0.25, 0.3) is 0 Å². The van der Waals surface area contributed by atoms with Crippen LogP contribution in [0.25, 0.3) is 0 Å². The Hall–Kier alpha value is -1.06. The summed E-state index contributed by atoms with van der Waals surface area (Å²) in [6.07, 6.45) is 11.3. The van der Waals surface area contributed by atoms with Crippen molar-refractivity contribution in [2.45, 2.75) is 84.1 Å². The average molecular weight is 361 g/mol. The number of carbonyl (C=O) groups is 2. The lowest BCUT2D eigenvalue weighted by atomic mass is 9.49. The fourth-order valence-corrected chi connectivity index (χ4v) is 6.80. The molecule has 5 fully saturated rings. The number of hydrogen-bond acceptors (Lipinski definition) is 2. The van der Waals surface area contributed by atoms with Gasteiger partial charge in [0.1, 0.15) is 6.04 Å². The van der Waals surface area contributed by atoms with Crippen molar-refractivity contribution in [3.8, 4) is 0 Å².